The van der Waals surface area contributed by atoms with Gasteiger partial charge in [0, 0.05) is 6.92 Å². The maximum atomic E-state index is 11.2. The van der Waals surface area contributed by atoms with Crippen LogP contribution in [0.2, 0.25) is 0 Å². The minimum absolute atomic E-state index is 0.235. The Kier molecular flexibility index (Phi) is 9.78. The lowest BCUT2D eigenvalue weighted by Gasteiger charge is -2.10. The average molecular weight is 314 g/mol. The molecular formula is C21H30O2. The summed E-state index contributed by atoms with van der Waals surface area (Å²) in [4.78, 5) is 11.2. The lowest BCUT2D eigenvalue weighted by molar-refractivity contribution is -0.139. The van der Waals surface area contributed by atoms with E-state index in [0.717, 1.165) is 24.0 Å². The second-order valence-electron chi connectivity index (χ2n) is 5.92. The lowest BCUT2D eigenvalue weighted by atomic mass is 9.99. The molecule has 1 rings (SSSR count). The number of allylic oxidation sites excluding steroid dienone is 1. The van der Waals surface area contributed by atoms with Crippen molar-refractivity contribution >= 4 is 12.0 Å². The third kappa shape index (κ3) is 9.02. The molecule has 2 nitrogen and oxygen atoms in total. The lowest BCUT2D eigenvalue weighted by Crippen LogP contribution is -2.03. The Morgan fingerprint density at radius 3 is 2.17 bits per heavy atom. The summed E-state index contributed by atoms with van der Waals surface area (Å²) in [7, 11) is 0. The van der Waals surface area contributed by atoms with Gasteiger partial charge in [-0.15, -0.1) is 0 Å². The van der Waals surface area contributed by atoms with Gasteiger partial charge in [-0.2, -0.15) is 0 Å². The second-order valence-corrected chi connectivity index (χ2v) is 5.92. The van der Waals surface area contributed by atoms with Crippen molar-refractivity contribution in [3.05, 3.63) is 53.1 Å². The normalized spacial score (nSPS) is 11.2. The number of hydrogen-bond acceptors (Lipinski definition) is 2. The largest absolute Gasteiger partial charge is 0.461 e. The van der Waals surface area contributed by atoms with E-state index in [0.29, 0.717) is 6.61 Å². The van der Waals surface area contributed by atoms with E-state index >= 15 is 0 Å². The number of rotatable bonds is 10. The van der Waals surface area contributed by atoms with Crippen molar-refractivity contribution in [1.82, 2.24) is 0 Å². The molecule has 1 aromatic rings. The van der Waals surface area contributed by atoms with Gasteiger partial charge in [0.25, 0.3) is 0 Å². The molecule has 0 bridgehead atoms. The van der Waals surface area contributed by atoms with Crippen molar-refractivity contribution in [2.45, 2.75) is 59.3 Å². The van der Waals surface area contributed by atoms with Crippen LogP contribution in [0.3, 0.4) is 0 Å². The van der Waals surface area contributed by atoms with Crippen LogP contribution in [0.1, 0.15) is 64.9 Å². The molecule has 0 radical (unpaired) electrons. The Bertz CT molecular complexity index is 502. The molecule has 0 heterocycles. The highest BCUT2D eigenvalue weighted by molar-refractivity contribution is 5.67. The Hall–Kier alpha value is -1.83. The summed E-state index contributed by atoms with van der Waals surface area (Å²) >= 11 is 0. The number of carbonyl (C=O) groups is 1. The molecule has 2 heteroatoms. The van der Waals surface area contributed by atoms with Crippen LogP contribution in [0.4, 0.5) is 0 Å². The summed E-state index contributed by atoms with van der Waals surface area (Å²) in [5.74, 6) is -0.235. The topological polar surface area (TPSA) is 26.3 Å². The summed E-state index contributed by atoms with van der Waals surface area (Å²) < 4.78 is 5.23. The van der Waals surface area contributed by atoms with Crippen LogP contribution in [0.25, 0.3) is 6.08 Å². The Morgan fingerprint density at radius 1 is 1.04 bits per heavy atom. The van der Waals surface area contributed by atoms with Gasteiger partial charge in [-0.05, 0) is 42.9 Å². The van der Waals surface area contributed by atoms with Gasteiger partial charge in [0.1, 0.15) is 6.61 Å². The Labute approximate surface area is 141 Å². The molecule has 0 aliphatic carbocycles. The predicted octanol–water partition coefficient (Wildman–Crippen LogP) is 5.94. The fourth-order valence-corrected chi connectivity index (χ4v) is 2.41. The van der Waals surface area contributed by atoms with Gasteiger partial charge in [0.05, 0.1) is 0 Å². The van der Waals surface area contributed by atoms with Gasteiger partial charge in [-0.3, -0.25) is 4.79 Å². The van der Waals surface area contributed by atoms with Crippen molar-refractivity contribution in [3.63, 3.8) is 0 Å². The third-order valence-corrected chi connectivity index (χ3v) is 3.69. The zero-order chi connectivity index (χ0) is 16.9. The zero-order valence-electron chi connectivity index (χ0n) is 14.8. The predicted molar refractivity (Wildman–Crippen MR) is 98.2 cm³/mol. The van der Waals surface area contributed by atoms with E-state index in [1.54, 1.807) is 0 Å². The summed E-state index contributed by atoms with van der Waals surface area (Å²) in [6, 6.07) is 10.2. The van der Waals surface area contributed by atoms with E-state index in [1.807, 2.05) is 18.2 Å². The van der Waals surface area contributed by atoms with Crippen LogP contribution >= 0.6 is 0 Å². The van der Waals surface area contributed by atoms with Gasteiger partial charge in [0.2, 0.25) is 0 Å². The number of unbranched alkanes of at least 4 members (excludes halogenated alkanes) is 2. The van der Waals surface area contributed by atoms with Crippen molar-refractivity contribution in [1.29, 1.82) is 0 Å². The van der Waals surface area contributed by atoms with Crippen LogP contribution in [-0.4, -0.2) is 12.6 Å². The van der Waals surface area contributed by atoms with E-state index in [-0.39, 0.29) is 5.97 Å². The highest BCUT2D eigenvalue weighted by Gasteiger charge is 2.03. The first-order chi connectivity index (χ1) is 11.2. The summed E-state index contributed by atoms with van der Waals surface area (Å²) in [6.45, 7) is 6.24. The van der Waals surface area contributed by atoms with Crippen molar-refractivity contribution in [3.8, 4) is 0 Å². The summed E-state index contributed by atoms with van der Waals surface area (Å²) in [5, 5.41) is 0. The van der Waals surface area contributed by atoms with Crippen molar-refractivity contribution in [2.24, 2.45) is 0 Å². The molecule has 0 aromatic heterocycles. The Balaban J connectivity index is 2.96. The molecule has 0 saturated heterocycles. The number of hydrogen-bond donors (Lipinski definition) is 0. The number of ether oxygens (including phenoxy) is 1. The van der Waals surface area contributed by atoms with E-state index in [2.05, 4.69) is 38.1 Å². The first kappa shape index (κ1) is 19.2. The molecule has 0 atom stereocenters. The number of carbonyl (C=O) groups excluding carboxylic acids is 1. The SMILES string of the molecule is CCCCC(=C/C(=C\c1ccccc1)COC(C)=O)CCCC. The van der Waals surface area contributed by atoms with Gasteiger partial charge < -0.3 is 4.74 Å². The maximum absolute atomic E-state index is 11.2. The number of benzene rings is 1. The van der Waals surface area contributed by atoms with Crippen LogP contribution < -0.4 is 0 Å². The van der Waals surface area contributed by atoms with Crippen LogP contribution in [0.5, 0.6) is 0 Å². The standard InChI is InChI=1S/C21H30O2/c1-4-6-11-19(12-7-5-2)15-21(17-23-18(3)22)16-20-13-9-8-10-14-20/h8-10,13-16H,4-7,11-12,17H2,1-3H3/b21-16+. The monoisotopic (exact) mass is 314 g/mol. The van der Waals surface area contributed by atoms with Crippen molar-refractivity contribution in [2.75, 3.05) is 6.61 Å². The highest BCUT2D eigenvalue weighted by atomic mass is 16.5. The average Bonchev–Trinajstić information content (AvgIpc) is 2.55. The van der Waals surface area contributed by atoms with Gasteiger partial charge >= 0.3 is 5.97 Å². The summed E-state index contributed by atoms with van der Waals surface area (Å²) in [6.07, 6.45) is 11.4. The van der Waals surface area contributed by atoms with Crippen molar-refractivity contribution < 1.29 is 9.53 Å². The molecule has 0 aliphatic heterocycles. The molecule has 0 aliphatic rings. The molecular weight excluding hydrogens is 284 g/mol. The molecule has 126 valence electrons. The van der Waals surface area contributed by atoms with Crippen LogP contribution in [0, 0.1) is 0 Å². The molecule has 0 spiro atoms. The first-order valence-corrected chi connectivity index (χ1v) is 8.74. The minimum Gasteiger partial charge on any atom is -0.461 e. The van der Waals surface area contributed by atoms with Crippen LogP contribution in [0.15, 0.2) is 47.6 Å². The molecule has 0 amide bonds. The fourth-order valence-electron chi connectivity index (χ4n) is 2.41. The van der Waals surface area contributed by atoms with Crippen LogP contribution in [-0.2, 0) is 9.53 Å². The highest BCUT2D eigenvalue weighted by Crippen LogP contribution is 2.19. The third-order valence-electron chi connectivity index (χ3n) is 3.69. The molecule has 23 heavy (non-hydrogen) atoms. The van der Waals surface area contributed by atoms with Gasteiger partial charge in [0.15, 0.2) is 0 Å². The maximum Gasteiger partial charge on any atom is 0.302 e. The second kappa shape index (κ2) is 11.7. The quantitative estimate of drug-likeness (QED) is 0.394. The zero-order valence-corrected chi connectivity index (χ0v) is 14.8. The van der Waals surface area contributed by atoms with Gasteiger partial charge in [-0.1, -0.05) is 68.7 Å². The molecule has 0 N–H and O–H groups in total. The fraction of sp³-hybridized carbons (Fsp3) is 0.476. The van der Waals surface area contributed by atoms with E-state index < -0.39 is 0 Å². The molecule has 0 fully saturated rings. The van der Waals surface area contributed by atoms with E-state index in [9.17, 15) is 4.79 Å². The molecule has 1 aromatic carbocycles. The summed E-state index contributed by atoms with van der Waals surface area (Å²) in [5.41, 5.74) is 3.66. The van der Waals surface area contributed by atoms with E-state index in [1.165, 1.54) is 38.2 Å². The smallest absolute Gasteiger partial charge is 0.302 e. The van der Waals surface area contributed by atoms with E-state index in [4.69, 9.17) is 4.74 Å². The molecule has 0 unspecified atom stereocenters. The molecule has 0 saturated carbocycles. The van der Waals surface area contributed by atoms with Gasteiger partial charge in [-0.25, -0.2) is 0 Å². The number of esters is 1. The first-order valence-electron chi connectivity index (χ1n) is 8.74. The minimum atomic E-state index is -0.235. The Morgan fingerprint density at radius 2 is 1.65 bits per heavy atom.